The lowest BCUT2D eigenvalue weighted by Crippen LogP contribution is -2.52. The van der Waals surface area contributed by atoms with E-state index in [2.05, 4.69) is 45.0 Å². The van der Waals surface area contributed by atoms with E-state index in [-0.39, 0.29) is 0 Å². The lowest BCUT2D eigenvalue weighted by Gasteiger charge is -2.46. The van der Waals surface area contributed by atoms with E-state index in [1.54, 1.807) is 0 Å². The zero-order chi connectivity index (χ0) is 14.5. The van der Waals surface area contributed by atoms with Crippen LogP contribution in [0.5, 0.6) is 0 Å². The Balaban J connectivity index is 2.65. The Morgan fingerprint density at radius 2 is 2.05 bits per heavy atom. The summed E-state index contributed by atoms with van der Waals surface area (Å²) in [5.74, 6) is 0.731. The summed E-state index contributed by atoms with van der Waals surface area (Å²) in [6, 6.07) is 1.17. The third-order valence-electron chi connectivity index (χ3n) is 4.82. The van der Waals surface area contributed by atoms with Crippen LogP contribution in [0, 0.1) is 11.3 Å². The van der Waals surface area contributed by atoms with Gasteiger partial charge in [-0.2, -0.15) is 0 Å². The summed E-state index contributed by atoms with van der Waals surface area (Å²) in [6.07, 6.45) is 4.89. The smallest absolute Gasteiger partial charge is 0.0443 e. The molecule has 19 heavy (non-hydrogen) atoms. The van der Waals surface area contributed by atoms with Gasteiger partial charge in [-0.25, -0.2) is 0 Å². The second-order valence-corrected chi connectivity index (χ2v) is 7.07. The van der Waals surface area contributed by atoms with Crippen LogP contribution in [0.3, 0.4) is 0 Å². The second kappa shape index (κ2) is 7.61. The molecule has 0 aromatic heterocycles. The zero-order valence-corrected chi connectivity index (χ0v) is 13.6. The minimum atomic E-state index is 0.300. The van der Waals surface area contributed by atoms with Crippen molar-refractivity contribution in [2.24, 2.45) is 11.3 Å². The molecular weight excluding hydrogens is 236 g/mol. The number of nitrogens with one attached hydrogen (secondary N) is 1. The third-order valence-corrected chi connectivity index (χ3v) is 4.82. The van der Waals surface area contributed by atoms with Crippen LogP contribution in [-0.4, -0.2) is 48.8 Å². The van der Waals surface area contributed by atoms with Gasteiger partial charge in [0.15, 0.2) is 0 Å². The van der Waals surface area contributed by atoms with Gasteiger partial charge in [-0.15, -0.1) is 0 Å². The van der Waals surface area contributed by atoms with Crippen LogP contribution in [0.25, 0.3) is 0 Å². The van der Waals surface area contributed by atoms with Crippen LogP contribution in [0.4, 0.5) is 0 Å². The molecule has 0 aromatic carbocycles. The summed E-state index contributed by atoms with van der Waals surface area (Å²) >= 11 is 0. The molecule has 2 atom stereocenters. The van der Waals surface area contributed by atoms with Crippen LogP contribution in [-0.2, 0) is 0 Å². The van der Waals surface area contributed by atoms with Crippen molar-refractivity contribution >= 4 is 0 Å². The topological polar surface area (TPSA) is 35.5 Å². The van der Waals surface area contributed by atoms with Crippen molar-refractivity contribution in [2.45, 2.75) is 65.5 Å². The first-order valence-corrected chi connectivity index (χ1v) is 7.94. The molecule has 0 spiro atoms. The fourth-order valence-corrected chi connectivity index (χ4v) is 3.74. The highest BCUT2D eigenvalue weighted by molar-refractivity contribution is 4.94. The molecule has 2 unspecified atom stereocenters. The first-order valence-electron chi connectivity index (χ1n) is 7.94. The molecule has 1 fully saturated rings. The van der Waals surface area contributed by atoms with Gasteiger partial charge in [-0.05, 0) is 51.5 Å². The van der Waals surface area contributed by atoms with E-state index in [1.165, 1.54) is 19.3 Å². The van der Waals surface area contributed by atoms with Crippen LogP contribution < -0.4 is 5.32 Å². The zero-order valence-electron chi connectivity index (χ0n) is 13.6. The largest absolute Gasteiger partial charge is 0.396 e. The van der Waals surface area contributed by atoms with Gasteiger partial charge in [-0.1, -0.05) is 20.3 Å². The van der Waals surface area contributed by atoms with E-state index < -0.39 is 0 Å². The molecule has 3 nitrogen and oxygen atoms in total. The van der Waals surface area contributed by atoms with Crippen molar-refractivity contribution < 1.29 is 5.11 Å². The Kier molecular flexibility index (Phi) is 6.78. The van der Waals surface area contributed by atoms with E-state index in [0.717, 1.165) is 25.4 Å². The Labute approximate surface area is 119 Å². The highest BCUT2D eigenvalue weighted by Gasteiger charge is 2.38. The van der Waals surface area contributed by atoms with Crippen molar-refractivity contribution in [1.82, 2.24) is 10.2 Å². The summed E-state index contributed by atoms with van der Waals surface area (Å²) in [5, 5.41) is 12.6. The highest BCUT2D eigenvalue weighted by Crippen LogP contribution is 2.39. The molecule has 0 amide bonds. The van der Waals surface area contributed by atoms with Crippen LogP contribution in [0.1, 0.15) is 53.4 Å². The molecule has 3 heteroatoms. The van der Waals surface area contributed by atoms with Crippen molar-refractivity contribution in [3.8, 4) is 0 Å². The number of aliphatic hydroxyl groups is 1. The molecule has 1 rings (SSSR count). The molecule has 1 saturated carbocycles. The molecule has 0 radical (unpaired) electrons. The van der Waals surface area contributed by atoms with Gasteiger partial charge in [0.25, 0.3) is 0 Å². The summed E-state index contributed by atoms with van der Waals surface area (Å²) in [5.41, 5.74) is 0.400. The molecule has 114 valence electrons. The third kappa shape index (κ3) is 4.73. The number of rotatable bonds is 7. The lowest BCUT2D eigenvalue weighted by molar-refractivity contribution is 0.0708. The molecule has 0 aliphatic heterocycles. The van der Waals surface area contributed by atoms with Crippen molar-refractivity contribution in [1.29, 1.82) is 0 Å². The Morgan fingerprint density at radius 1 is 1.37 bits per heavy atom. The van der Waals surface area contributed by atoms with Gasteiger partial charge in [-0.3, -0.25) is 0 Å². The van der Waals surface area contributed by atoms with E-state index >= 15 is 0 Å². The van der Waals surface area contributed by atoms with Gasteiger partial charge in [0, 0.05) is 31.8 Å². The van der Waals surface area contributed by atoms with Gasteiger partial charge in [0.1, 0.15) is 0 Å². The van der Waals surface area contributed by atoms with Crippen molar-refractivity contribution in [2.75, 3.05) is 26.7 Å². The van der Waals surface area contributed by atoms with E-state index in [0.29, 0.717) is 24.1 Å². The first-order chi connectivity index (χ1) is 8.92. The Hall–Kier alpha value is -0.120. The van der Waals surface area contributed by atoms with Gasteiger partial charge in [0.05, 0.1) is 0 Å². The average Bonchev–Trinajstić information content (AvgIpc) is 2.33. The van der Waals surface area contributed by atoms with Gasteiger partial charge < -0.3 is 15.3 Å². The first kappa shape index (κ1) is 16.9. The summed E-state index contributed by atoms with van der Waals surface area (Å²) < 4.78 is 0. The van der Waals surface area contributed by atoms with Crippen molar-refractivity contribution in [3.05, 3.63) is 0 Å². The molecular formula is C16H34N2O. The van der Waals surface area contributed by atoms with E-state index in [4.69, 9.17) is 5.11 Å². The minimum Gasteiger partial charge on any atom is -0.396 e. The Morgan fingerprint density at radius 3 is 2.58 bits per heavy atom. The molecule has 0 bridgehead atoms. The maximum atomic E-state index is 9.05. The highest BCUT2D eigenvalue weighted by atomic mass is 16.3. The molecule has 0 saturated heterocycles. The maximum Gasteiger partial charge on any atom is 0.0443 e. The van der Waals surface area contributed by atoms with E-state index in [1.807, 2.05) is 0 Å². The normalized spacial score (nSPS) is 27.2. The summed E-state index contributed by atoms with van der Waals surface area (Å²) in [6.45, 7) is 11.8. The number of aliphatic hydroxyl groups excluding tert-OH is 1. The summed E-state index contributed by atoms with van der Waals surface area (Å²) in [4.78, 5) is 2.53. The number of nitrogens with zero attached hydrogens (tertiary/aromatic N) is 1. The monoisotopic (exact) mass is 270 g/mol. The van der Waals surface area contributed by atoms with Crippen LogP contribution >= 0.6 is 0 Å². The van der Waals surface area contributed by atoms with Crippen LogP contribution in [0.2, 0.25) is 0 Å². The van der Waals surface area contributed by atoms with Gasteiger partial charge in [0.2, 0.25) is 0 Å². The molecule has 0 heterocycles. The molecule has 2 N–H and O–H groups in total. The SMILES string of the molecule is CNC1C(CN(CCCO)C(C)C)CCCC1(C)C. The van der Waals surface area contributed by atoms with Gasteiger partial charge >= 0.3 is 0 Å². The van der Waals surface area contributed by atoms with Crippen LogP contribution in [0.15, 0.2) is 0 Å². The predicted molar refractivity (Wildman–Crippen MR) is 82.4 cm³/mol. The standard InChI is InChI=1S/C16H34N2O/c1-13(2)18(10-7-11-19)12-14-8-6-9-16(3,4)15(14)17-5/h13-15,17,19H,6-12H2,1-5H3. The second-order valence-electron chi connectivity index (χ2n) is 7.07. The Bertz CT molecular complexity index is 253. The fourth-order valence-electron chi connectivity index (χ4n) is 3.74. The fraction of sp³-hybridized carbons (Fsp3) is 1.00. The number of hydrogen-bond acceptors (Lipinski definition) is 3. The minimum absolute atomic E-state index is 0.300. The average molecular weight is 270 g/mol. The lowest BCUT2D eigenvalue weighted by atomic mass is 9.67. The molecule has 0 aromatic rings. The van der Waals surface area contributed by atoms with E-state index in [9.17, 15) is 0 Å². The maximum absolute atomic E-state index is 9.05. The molecule has 1 aliphatic carbocycles. The number of hydrogen-bond donors (Lipinski definition) is 2. The van der Waals surface area contributed by atoms with Crippen molar-refractivity contribution in [3.63, 3.8) is 0 Å². The quantitative estimate of drug-likeness (QED) is 0.746. The summed E-state index contributed by atoms with van der Waals surface area (Å²) in [7, 11) is 2.11. The molecule has 1 aliphatic rings. The predicted octanol–water partition coefficient (Wildman–Crippen LogP) is 2.49.